The number of Topliss-reactive ketones (excluding diaryl/α,β-unsaturated/α-hetero) is 2. The predicted molar refractivity (Wildman–Crippen MR) is 72.7 cm³/mol. The van der Waals surface area contributed by atoms with Gasteiger partial charge in [-0.2, -0.15) is 5.26 Å². The van der Waals surface area contributed by atoms with Gasteiger partial charge < -0.3 is 4.74 Å². The summed E-state index contributed by atoms with van der Waals surface area (Å²) >= 11 is 0. The van der Waals surface area contributed by atoms with Crippen LogP contribution in [-0.2, 0) is 10.3 Å². The van der Waals surface area contributed by atoms with Crippen molar-refractivity contribution in [2.75, 3.05) is 0 Å². The molecular weight excluding hydrogens is 266 g/mol. The van der Waals surface area contributed by atoms with Crippen molar-refractivity contribution >= 4 is 11.6 Å². The molecule has 4 nitrogen and oxygen atoms in total. The van der Waals surface area contributed by atoms with E-state index in [1.807, 2.05) is 6.07 Å². The fourth-order valence-electron chi connectivity index (χ4n) is 3.08. The third kappa shape index (κ3) is 1.18. The monoisotopic (exact) mass is 275 g/mol. The smallest absolute Gasteiger partial charge is 0.242 e. The summed E-state index contributed by atoms with van der Waals surface area (Å²) in [6.07, 6.45) is 0. The number of ether oxygens (including phenoxy) is 1. The summed E-state index contributed by atoms with van der Waals surface area (Å²) in [7, 11) is 0. The summed E-state index contributed by atoms with van der Waals surface area (Å²) < 4.78 is 5.54. The average Bonchev–Trinajstić information content (AvgIpc) is 3.21. The first-order valence-electron chi connectivity index (χ1n) is 6.53. The Morgan fingerprint density at radius 1 is 0.857 bits per heavy atom. The van der Waals surface area contributed by atoms with Crippen LogP contribution in [0.1, 0.15) is 26.3 Å². The third-order valence-corrected chi connectivity index (χ3v) is 4.15. The molecule has 1 saturated heterocycles. The molecule has 1 heterocycles. The second kappa shape index (κ2) is 3.66. The summed E-state index contributed by atoms with van der Waals surface area (Å²) in [6.45, 7) is 0. The first-order chi connectivity index (χ1) is 10.2. The van der Waals surface area contributed by atoms with Gasteiger partial charge in [0, 0.05) is 16.7 Å². The SMILES string of the molecule is N#CC1(c2ccccc2)OC12C(=O)c1ccccc1C2=O. The topological polar surface area (TPSA) is 70.5 Å². The van der Waals surface area contributed by atoms with Crippen LogP contribution in [0, 0.1) is 11.3 Å². The Hall–Kier alpha value is -2.77. The van der Waals surface area contributed by atoms with Gasteiger partial charge in [0.05, 0.1) is 0 Å². The van der Waals surface area contributed by atoms with Crippen LogP contribution in [-0.4, -0.2) is 17.2 Å². The second-order valence-corrected chi connectivity index (χ2v) is 5.15. The summed E-state index contributed by atoms with van der Waals surface area (Å²) in [5.74, 6) is -0.845. The zero-order chi connectivity index (χ0) is 14.7. The number of fused-ring (bicyclic) bond motifs is 1. The maximum absolute atomic E-state index is 12.6. The fourth-order valence-corrected chi connectivity index (χ4v) is 3.08. The van der Waals surface area contributed by atoms with Crippen LogP contribution in [0.5, 0.6) is 0 Å². The fraction of sp³-hybridized carbons (Fsp3) is 0.118. The Morgan fingerprint density at radius 3 is 1.90 bits per heavy atom. The highest BCUT2D eigenvalue weighted by Crippen LogP contribution is 2.61. The van der Waals surface area contributed by atoms with Crippen molar-refractivity contribution in [3.63, 3.8) is 0 Å². The van der Waals surface area contributed by atoms with Crippen molar-refractivity contribution in [2.24, 2.45) is 0 Å². The van der Waals surface area contributed by atoms with Crippen LogP contribution in [0.15, 0.2) is 54.6 Å². The summed E-state index contributed by atoms with van der Waals surface area (Å²) in [6, 6.07) is 17.3. The van der Waals surface area contributed by atoms with Gasteiger partial charge in [0.25, 0.3) is 0 Å². The van der Waals surface area contributed by atoms with E-state index < -0.39 is 22.8 Å². The molecule has 1 aliphatic carbocycles. The Morgan fingerprint density at radius 2 is 1.38 bits per heavy atom. The molecule has 1 unspecified atom stereocenters. The maximum Gasteiger partial charge on any atom is 0.242 e. The minimum absolute atomic E-state index is 0.329. The molecule has 4 rings (SSSR count). The quantitative estimate of drug-likeness (QED) is 0.591. The van der Waals surface area contributed by atoms with E-state index in [0.29, 0.717) is 16.7 Å². The van der Waals surface area contributed by atoms with E-state index in [1.165, 1.54) is 0 Å². The maximum atomic E-state index is 12.6. The van der Waals surface area contributed by atoms with Crippen LogP contribution in [0.4, 0.5) is 0 Å². The average molecular weight is 275 g/mol. The first-order valence-corrected chi connectivity index (χ1v) is 6.53. The molecule has 1 atom stereocenters. The summed E-state index contributed by atoms with van der Waals surface area (Å²) in [5.41, 5.74) is -2.03. The molecular formula is C17H9NO3. The van der Waals surface area contributed by atoms with Crippen molar-refractivity contribution in [2.45, 2.75) is 11.2 Å². The molecule has 1 aliphatic heterocycles. The van der Waals surface area contributed by atoms with Crippen LogP contribution >= 0.6 is 0 Å². The number of epoxide rings is 1. The highest BCUT2D eigenvalue weighted by molar-refractivity contribution is 6.35. The van der Waals surface area contributed by atoms with Gasteiger partial charge in [0.15, 0.2) is 0 Å². The third-order valence-electron chi connectivity index (χ3n) is 4.15. The molecule has 2 aromatic carbocycles. The van der Waals surface area contributed by atoms with E-state index in [2.05, 4.69) is 0 Å². The zero-order valence-electron chi connectivity index (χ0n) is 10.9. The largest absolute Gasteiger partial charge is 0.325 e. The Kier molecular flexibility index (Phi) is 2.09. The number of ketones is 2. The Bertz CT molecular complexity index is 800. The standard InChI is InChI=1S/C17H9NO3/c18-10-16(11-6-2-1-3-7-11)17(21-16)14(19)12-8-4-5-9-13(12)15(17)20/h1-9H. The van der Waals surface area contributed by atoms with Crippen LogP contribution < -0.4 is 0 Å². The Labute approximate surface area is 120 Å². The van der Waals surface area contributed by atoms with Crippen molar-refractivity contribution in [1.82, 2.24) is 0 Å². The molecule has 0 radical (unpaired) electrons. The van der Waals surface area contributed by atoms with E-state index in [9.17, 15) is 14.9 Å². The molecule has 2 aromatic rings. The molecule has 1 fully saturated rings. The predicted octanol–water partition coefficient (Wildman–Crippen LogP) is 2.25. The molecule has 4 heteroatoms. The lowest BCUT2D eigenvalue weighted by Crippen LogP contribution is -2.34. The van der Waals surface area contributed by atoms with Crippen molar-refractivity contribution in [1.29, 1.82) is 5.26 Å². The number of hydrogen-bond acceptors (Lipinski definition) is 4. The van der Waals surface area contributed by atoms with E-state index in [0.717, 1.165) is 0 Å². The zero-order valence-corrected chi connectivity index (χ0v) is 10.9. The number of carbonyl (C=O) groups excluding carboxylic acids is 2. The lowest BCUT2D eigenvalue weighted by atomic mass is 9.84. The van der Waals surface area contributed by atoms with Crippen molar-refractivity contribution in [3.8, 4) is 6.07 Å². The van der Waals surface area contributed by atoms with Crippen molar-refractivity contribution < 1.29 is 14.3 Å². The molecule has 100 valence electrons. The molecule has 0 bridgehead atoms. The molecule has 0 saturated carbocycles. The van der Waals surface area contributed by atoms with Gasteiger partial charge in [-0.15, -0.1) is 0 Å². The molecule has 0 aromatic heterocycles. The Balaban J connectivity index is 1.92. The minimum Gasteiger partial charge on any atom is -0.325 e. The number of hydrogen-bond donors (Lipinski definition) is 0. The molecule has 0 N–H and O–H groups in total. The first kappa shape index (κ1) is 12.0. The number of nitriles is 1. The van der Waals surface area contributed by atoms with Gasteiger partial charge in [-0.05, 0) is 0 Å². The number of carbonyl (C=O) groups is 2. The summed E-state index contributed by atoms with van der Waals surface area (Å²) in [5, 5.41) is 9.57. The van der Waals surface area contributed by atoms with E-state index in [1.54, 1.807) is 54.6 Å². The van der Waals surface area contributed by atoms with E-state index >= 15 is 0 Å². The van der Waals surface area contributed by atoms with Crippen LogP contribution in [0.3, 0.4) is 0 Å². The molecule has 21 heavy (non-hydrogen) atoms. The summed E-state index contributed by atoms with van der Waals surface area (Å²) in [4.78, 5) is 25.3. The van der Waals surface area contributed by atoms with Gasteiger partial charge in [-0.3, -0.25) is 9.59 Å². The van der Waals surface area contributed by atoms with E-state index in [4.69, 9.17) is 4.74 Å². The van der Waals surface area contributed by atoms with Gasteiger partial charge in [-0.1, -0.05) is 54.6 Å². The molecule has 2 aliphatic rings. The van der Waals surface area contributed by atoms with Crippen LogP contribution in [0.2, 0.25) is 0 Å². The van der Waals surface area contributed by atoms with Crippen LogP contribution in [0.25, 0.3) is 0 Å². The van der Waals surface area contributed by atoms with Gasteiger partial charge >= 0.3 is 0 Å². The number of rotatable bonds is 1. The van der Waals surface area contributed by atoms with Crippen molar-refractivity contribution in [3.05, 3.63) is 71.3 Å². The van der Waals surface area contributed by atoms with E-state index in [-0.39, 0.29) is 0 Å². The van der Waals surface area contributed by atoms with Gasteiger partial charge in [0.2, 0.25) is 22.8 Å². The lowest BCUT2D eigenvalue weighted by Gasteiger charge is -2.07. The minimum atomic E-state index is -1.70. The normalized spacial score (nSPS) is 24.7. The lowest BCUT2D eigenvalue weighted by molar-refractivity contribution is 0.0785. The second-order valence-electron chi connectivity index (χ2n) is 5.15. The van der Waals surface area contributed by atoms with Gasteiger partial charge in [0.1, 0.15) is 6.07 Å². The van der Waals surface area contributed by atoms with Gasteiger partial charge in [-0.25, -0.2) is 0 Å². The number of benzene rings is 2. The number of nitrogens with zero attached hydrogens (tertiary/aromatic N) is 1. The highest BCUT2D eigenvalue weighted by atomic mass is 16.6. The molecule has 1 spiro atoms. The highest BCUT2D eigenvalue weighted by Gasteiger charge is 2.83. The molecule has 0 amide bonds.